The number of hydrogen-bond donors (Lipinski definition) is 3. The minimum absolute atomic E-state index is 0.0239. The van der Waals surface area contributed by atoms with Crippen molar-refractivity contribution >= 4 is 22.6 Å². The summed E-state index contributed by atoms with van der Waals surface area (Å²) in [6.07, 6.45) is -2.53. The van der Waals surface area contributed by atoms with Crippen LogP contribution in [0.15, 0.2) is 18.2 Å². The number of alkyl halides is 2. The molecule has 0 saturated carbocycles. The molecule has 0 bridgehead atoms. The van der Waals surface area contributed by atoms with Crippen LogP contribution in [0.3, 0.4) is 0 Å². The normalized spacial score (nSPS) is 11.1. The van der Waals surface area contributed by atoms with E-state index in [9.17, 15) is 13.6 Å². The molecule has 0 aliphatic rings. The van der Waals surface area contributed by atoms with E-state index >= 15 is 0 Å². The van der Waals surface area contributed by atoms with Gasteiger partial charge < -0.3 is 24.9 Å². The Morgan fingerprint density at radius 3 is 2.77 bits per heavy atom. The van der Waals surface area contributed by atoms with Crippen molar-refractivity contribution in [3.63, 3.8) is 0 Å². The molecule has 2 rings (SSSR count). The van der Waals surface area contributed by atoms with Gasteiger partial charge in [0.25, 0.3) is 6.43 Å². The van der Waals surface area contributed by atoms with Gasteiger partial charge in [0, 0.05) is 18.6 Å². The van der Waals surface area contributed by atoms with Crippen molar-refractivity contribution in [2.24, 2.45) is 0 Å². The number of rotatable bonds is 8. The SMILES string of the molecule is COCCOc1cc(NCC(F)F)c2[nH]c(C(=O)O)cc2c1. The van der Waals surface area contributed by atoms with Crippen LogP contribution in [0, 0.1) is 0 Å². The lowest BCUT2D eigenvalue weighted by Gasteiger charge is -2.11. The van der Waals surface area contributed by atoms with Crippen molar-refractivity contribution < 1.29 is 28.2 Å². The third kappa shape index (κ3) is 3.85. The van der Waals surface area contributed by atoms with Crippen LogP contribution in [0.5, 0.6) is 5.75 Å². The van der Waals surface area contributed by atoms with Gasteiger partial charge in [0.1, 0.15) is 18.1 Å². The Morgan fingerprint density at radius 2 is 2.14 bits per heavy atom. The molecule has 3 N–H and O–H groups in total. The lowest BCUT2D eigenvalue weighted by Crippen LogP contribution is -2.11. The average Bonchev–Trinajstić information content (AvgIpc) is 2.89. The molecule has 6 nitrogen and oxygen atoms in total. The number of carbonyl (C=O) groups is 1. The van der Waals surface area contributed by atoms with Gasteiger partial charge in [-0.25, -0.2) is 13.6 Å². The first-order chi connectivity index (χ1) is 10.5. The lowest BCUT2D eigenvalue weighted by atomic mass is 10.2. The Morgan fingerprint density at radius 1 is 1.36 bits per heavy atom. The molecular weight excluding hydrogens is 298 g/mol. The fourth-order valence-corrected chi connectivity index (χ4v) is 1.98. The maximum atomic E-state index is 12.4. The molecule has 0 aliphatic carbocycles. The topological polar surface area (TPSA) is 83.6 Å². The van der Waals surface area contributed by atoms with Gasteiger partial charge >= 0.3 is 5.97 Å². The Hall–Kier alpha value is -2.35. The molecule has 120 valence electrons. The zero-order chi connectivity index (χ0) is 16.1. The van der Waals surface area contributed by atoms with Gasteiger partial charge in [-0.15, -0.1) is 0 Å². The van der Waals surface area contributed by atoms with Crippen LogP contribution in [0.25, 0.3) is 10.9 Å². The highest BCUT2D eigenvalue weighted by Gasteiger charge is 2.13. The van der Waals surface area contributed by atoms with Crippen molar-refractivity contribution in [2.45, 2.75) is 6.43 Å². The summed E-state index contributed by atoms with van der Waals surface area (Å²) in [6.45, 7) is 0.135. The largest absolute Gasteiger partial charge is 0.491 e. The Kier molecular flexibility index (Phi) is 5.16. The van der Waals surface area contributed by atoms with Crippen LogP contribution in [0.2, 0.25) is 0 Å². The van der Waals surface area contributed by atoms with Gasteiger partial charge in [-0.2, -0.15) is 0 Å². The number of nitrogens with one attached hydrogen (secondary N) is 2. The standard InChI is InChI=1S/C14H16F2N2O4/c1-21-2-3-22-9-4-8-5-11(14(19)20)18-13(8)10(6-9)17-7-12(15)16/h4-6,12,17-18H,2-3,7H2,1H3,(H,19,20). The summed E-state index contributed by atoms with van der Waals surface area (Å²) in [5.74, 6) is -0.685. The van der Waals surface area contributed by atoms with Crippen molar-refractivity contribution in [2.75, 3.05) is 32.2 Å². The van der Waals surface area contributed by atoms with Crippen LogP contribution < -0.4 is 10.1 Å². The van der Waals surface area contributed by atoms with Crippen molar-refractivity contribution in [1.82, 2.24) is 4.98 Å². The minimum Gasteiger partial charge on any atom is -0.491 e. The first-order valence-electron chi connectivity index (χ1n) is 6.55. The summed E-state index contributed by atoms with van der Waals surface area (Å²) in [5.41, 5.74) is 0.777. The molecule has 0 unspecified atom stereocenters. The van der Waals surface area contributed by atoms with E-state index < -0.39 is 18.9 Å². The number of fused-ring (bicyclic) bond motifs is 1. The van der Waals surface area contributed by atoms with E-state index in [1.807, 2.05) is 0 Å². The number of aromatic nitrogens is 1. The fourth-order valence-electron chi connectivity index (χ4n) is 1.98. The molecule has 22 heavy (non-hydrogen) atoms. The summed E-state index contributed by atoms with van der Waals surface area (Å²) in [6, 6.07) is 4.61. The highest BCUT2D eigenvalue weighted by atomic mass is 19.3. The number of benzene rings is 1. The smallest absolute Gasteiger partial charge is 0.352 e. The Bertz CT molecular complexity index is 658. The summed E-state index contributed by atoms with van der Waals surface area (Å²) in [5, 5.41) is 12.2. The van der Waals surface area contributed by atoms with Gasteiger partial charge in [-0.05, 0) is 12.1 Å². The van der Waals surface area contributed by atoms with E-state index in [1.54, 1.807) is 12.1 Å². The molecule has 1 heterocycles. The highest BCUT2D eigenvalue weighted by molar-refractivity contribution is 5.99. The first-order valence-corrected chi connectivity index (χ1v) is 6.55. The monoisotopic (exact) mass is 314 g/mol. The molecule has 0 spiro atoms. The zero-order valence-electron chi connectivity index (χ0n) is 11.9. The number of hydrogen-bond acceptors (Lipinski definition) is 4. The Balaban J connectivity index is 2.35. The van der Waals surface area contributed by atoms with Gasteiger partial charge in [0.05, 0.1) is 24.4 Å². The van der Waals surface area contributed by atoms with Gasteiger partial charge in [0.2, 0.25) is 0 Å². The molecule has 8 heteroatoms. The second-order valence-corrected chi connectivity index (χ2v) is 4.54. The van der Waals surface area contributed by atoms with Crippen LogP contribution in [-0.2, 0) is 4.74 Å². The molecule has 1 aromatic heterocycles. The number of carboxylic acids is 1. The maximum Gasteiger partial charge on any atom is 0.352 e. The molecule has 0 fully saturated rings. The number of H-pyrrole nitrogens is 1. The number of aromatic carboxylic acids is 1. The second-order valence-electron chi connectivity index (χ2n) is 4.54. The first kappa shape index (κ1) is 16.0. The van der Waals surface area contributed by atoms with Crippen molar-refractivity contribution in [1.29, 1.82) is 0 Å². The quantitative estimate of drug-likeness (QED) is 0.652. The Labute approximate surface area is 125 Å². The van der Waals surface area contributed by atoms with Crippen molar-refractivity contribution in [3.05, 3.63) is 23.9 Å². The van der Waals surface area contributed by atoms with Crippen LogP contribution in [0.4, 0.5) is 14.5 Å². The predicted octanol–water partition coefficient (Wildman–Crippen LogP) is 2.57. The number of ether oxygens (including phenoxy) is 2. The summed E-state index contributed by atoms with van der Waals surface area (Å²) >= 11 is 0. The van der Waals surface area contributed by atoms with E-state index in [4.69, 9.17) is 14.6 Å². The highest BCUT2D eigenvalue weighted by Crippen LogP contribution is 2.30. The molecule has 0 aliphatic heterocycles. The number of anilines is 1. The summed E-state index contributed by atoms with van der Waals surface area (Å²) in [7, 11) is 1.54. The molecule has 0 amide bonds. The second kappa shape index (κ2) is 7.08. The number of carboxylic acid groups (broad SMARTS) is 1. The van der Waals surface area contributed by atoms with Gasteiger partial charge in [-0.1, -0.05) is 0 Å². The third-order valence-electron chi connectivity index (χ3n) is 2.94. The van der Waals surface area contributed by atoms with Gasteiger partial charge in [-0.3, -0.25) is 0 Å². The minimum atomic E-state index is -2.53. The number of aromatic amines is 1. The van der Waals surface area contributed by atoms with Gasteiger partial charge in [0.15, 0.2) is 0 Å². The van der Waals surface area contributed by atoms with E-state index in [1.165, 1.54) is 13.2 Å². The lowest BCUT2D eigenvalue weighted by molar-refractivity contribution is 0.0691. The van der Waals surface area contributed by atoms with Crippen molar-refractivity contribution in [3.8, 4) is 5.75 Å². The predicted molar refractivity (Wildman–Crippen MR) is 77.1 cm³/mol. The molecular formula is C14H16F2N2O4. The molecule has 0 atom stereocenters. The molecule has 0 saturated heterocycles. The van der Waals surface area contributed by atoms with E-state index in [0.717, 1.165) is 0 Å². The number of methoxy groups -OCH3 is 1. The fraction of sp³-hybridized carbons (Fsp3) is 0.357. The average molecular weight is 314 g/mol. The third-order valence-corrected chi connectivity index (χ3v) is 2.94. The van der Waals surface area contributed by atoms with Crippen LogP contribution in [-0.4, -0.2) is 49.4 Å². The summed E-state index contributed by atoms with van der Waals surface area (Å²) in [4.78, 5) is 13.7. The molecule has 1 aromatic carbocycles. The summed E-state index contributed by atoms with van der Waals surface area (Å²) < 4.78 is 35.1. The molecule has 0 radical (unpaired) electrons. The van der Waals surface area contributed by atoms with E-state index in [0.29, 0.717) is 35.6 Å². The van der Waals surface area contributed by atoms with E-state index in [2.05, 4.69) is 10.3 Å². The zero-order valence-corrected chi connectivity index (χ0v) is 11.9. The van der Waals surface area contributed by atoms with Crippen LogP contribution >= 0.6 is 0 Å². The molecule has 2 aromatic rings. The van der Waals surface area contributed by atoms with Crippen LogP contribution in [0.1, 0.15) is 10.5 Å². The maximum absolute atomic E-state index is 12.4. The van der Waals surface area contributed by atoms with E-state index in [-0.39, 0.29) is 5.69 Å². The number of halogens is 2.